The Morgan fingerprint density at radius 3 is 2.48 bits per heavy atom. The molecule has 0 aliphatic heterocycles. The SMILES string of the molecule is C=C1CCC2[C@](C)(COC)[C@H](OC)CC[C@@]2(C)[C@@H]1/C=C/C(=C\COC)C(=O)[O-].[K+]. The third-order valence-corrected chi connectivity index (χ3v) is 7.09. The molecule has 158 valence electrons. The van der Waals surface area contributed by atoms with Crippen molar-refractivity contribution in [3.8, 4) is 0 Å². The van der Waals surface area contributed by atoms with Gasteiger partial charge in [-0.1, -0.05) is 38.2 Å². The Balaban J connectivity index is 0.00000420. The van der Waals surface area contributed by atoms with Crippen molar-refractivity contribution < 1.29 is 75.5 Å². The largest absolute Gasteiger partial charge is 1.00 e. The van der Waals surface area contributed by atoms with Gasteiger partial charge < -0.3 is 24.1 Å². The number of carbonyl (C=O) groups excluding carboxylic acids is 1. The summed E-state index contributed by atoms with van der Waals surface area (Å²) in [5.74, 6) is -0.692. The van der Waals surface area contributed by atoms with Crippen LogP contribution < -0.4 is 56.5 Å². The van der Waals surface area contributed by atoms with E-state index in [0.717, 1.165) is 31.3 Å². The summed E-state index contributed by atoms with van der Waals surface area (Å²) < 4.78 is 16.4. The fraction of sp³-hybridized carbons (Fsp3) is 0.696. The van der Waals surface area contributed by atoms with Crippen molar-refractivity contribution in [3.05, 3.63) is 36.0 Å². The average Bonchev–Trinajstić information content (AvgIpc) is 2.63. The fourth-order valence-electron chi connectivity index (χ4n) is 5.75. The summed E-state index contributed by atoms with van der Waals surface area (Å²) in [6.07, 6.45) is 9.29. The van der Waals surface area contributed by atoms with Gasteiger partial charge in [0.1, 0.15) is 0 Å². The van der Waals surface area contributed by atoms with E-state index in [9.17, 15) is 9.90 Å². The maximum absolute atomic E-state index is 11.5. The van der Waals surface area contributed by atoms with E-state index in [0.29, 0.717) is 12.5 Å². The number of methoxy groups -OCH3 is 3. The van der Waals surface area contributed by atoms with Gasteiger partial charge >= 0.3 is 51.4 Å². The van der Waals surface area contributed by atoms with Crippen molar-refractivity contribution in [3.63, 3.8) is 0 Å². The molecule has 5 nitrogen and oxygen atoms in total. The number of ether oxygens (including phenoxy) is 3. The number of carboxylic acids is 1. The van der Waals surface area contributed by atoms with Crippen LogP contribution in [0.15, 0.2) is 36.0 Å². The molecule has 2 aliphatic rings. The maximum Gasteiger partial charge on any atom is 1.00 e. The molecule has 0 amide bonds. The molecule has 5 atom stereocenters. The number of carboxylic acid groups (broad SMARTS) is 1. The van der Waals surface area contributed by atoms with Crippen molar-refractivity contribution in [2.24, 2.45) is 22.7 Å². The molecule has 2 fully saturated rings. The van der Waals surface area contributed by atoms with Crippen molar-refractivity contribution in [1.82, 2.24) is 0 Å². The molecule has 0 spiro atoms. The first-order valence-electron chi connectivity index (χ1n) is 10.0. The van der Waals surface area contributed by atoms with Gasteiger partial charge in [-0.3, -0.25) is 0 Å². The topological polar surface area (TPSA) is 67.8 Å². The first-order chi connectivity index (χ1) is 13.2. The number of aliphatic carboxylic acids is 1. The molecule has 0 aromatic rings. The molecule has 0 N–H and O–H groups in total. The van der Waals surface area contributed by atoms with Crippen LogP contribution >= 0.6 is 0 Å². The number of allylic oxidation sites excluding steroid dienone is 2. The van der Waals surface area contributed by atoms with Crippen LogP contribution in [-0.4, -0.2) is 46.6 Å². The molecule has 1 unspecified atom stereocenters. The van der Waals surface area contributed by atoms with E-state index >= 15 is 0 Å². The molecule has 0 saturated heterocycles. The second kappa shape index (κ2) is 11.7. The van der Waals surface area contributed by atoms with Crippen molar-refractivity contribution in [2.45, 2.75) is 45.6 Å². The first kappa shape index (κ1) is 27.2. The van der Waals surface area contributed by atoms with Crippen molar-refractivity contribution >= 4 is 5.97 Å². The Morgan fingerprint density at radius 1 is 1.24 bits per heavy atom. The molecule has 0 aromatic heterocycles. The zero-order chi connectivity index (χ0) is 20.9. The standard InChI is InChI=1S/C23H36O5.K/c1-16-7-10-19-22(2,13-11-20(28-6)23(19,3)15-27-5)18(16)9-8-17(21(24)25)12-14-26-4;/h8-9,12,18-20H,1,7,10-11,13-15H2,2-6H3,(H,24,25);/q;+1/p-1/b9-8+,17-12+;/t18-,19?,20-,22+,23+;/m1./s1. The number of fused-ring (bicyclic) bond motifs is 1. The van der Waals surface area contributed by atoms with E-state index in [4.69, 9.17) is 14.2 Å². The van der Waals surface area contributed by atoms with Crippen LogP contribution in [0.4, 0.5) is 0 Å². The van der Waals surface area contributed by atoms with Crippen molar-refractivity contribution in [2.75, 3.05) is 34.5 Å². The van der Waals surface area contributed by atoms with Crippen LogP contribution in [0.3, 0.4) is 0 Å². The molecule has 0 radical (unpaired) electrons. The molecule has 2 aliphatic carbocycles. The van der Waals surface area contributed by atoms with E-state index in [2.05, 4.69) is 20.4 Å². The molecular weight excluding hydrogens is 395 g/mol. The van der Waals surface area contributed by atoms with Gasteiger partial charge in [0.15, 0.2) is 0 Å². The number of carbonyl (C=O) groups is 1. The van der Waals surface area contributed by atoms with Gasteiger partial charge in [-0.15, -0.1) is 0 Å². The summed E-state index contributed by atoms with van der Waals surface area (Å²) >= 11 is 0. The summed E-state index contributed by atoms with van der Waals surface area (Å²) in [6, 6.07) is 0. The predicted molar refractivity (Wildman–Crippen MR) is 108 cm³/mol. The first-order valence-corrected chi connectivity index (χ1v) is 10.0. The summed E-state index contributed by atoms with van der Waals surface area (Å²) in [5.41, 5.74) is 1.19. The van der Waals surface area contributed by atoms with Gasteiger partial charge in [0.2, 0.25) is 0 Å². The average molecular weight is 431 g/mol. The molecule has 6 heteroatoms. The quantitative estimate of drug-likeness (QED) is 0.233. The van der Waals surface area contributed by atoms with Crippen LogP contribution in [-0.2, 0) is 19.0 Å². The Labute approximate surface area is 218 Å². The number of rotatable bonds is 8. The van der Waals surface area contributed by atoms with E-state index in [-0.39, 0.29) is 86.4 Å². The van der Waals surface area contributed by atoms with Crippen LogP contribution in [0.2, 0.25) is 0 Å². The predicted octanol–water partition coefficient (Wildman–Crippen LogP) is -0.0805. The molecule has 0 bridgehead atoms. The zero-order valence-electron chi connectivity index (χ0n) is 19.0. The Bertz CT molecular complexity index is 643. The van der Waals surface area contributed by atoms with Gasteiger partial charge in [-0.2, -0.15) is 0 Å². The van der Waals surface area contributed by atoms with E-state index < -0.39 is 5.97 Å². The minimum Gasteiger partial charge on any atom is -0.545 e. The minimum absolute atomic E-state index is 0. The second-order valence-corrected chi connectivity index (χ2v) is 8.70. The summed E-state index contributed by atoms with van der Waals surface area (Å²) in [4.78, 5) is 11.5. The van der Waals surface area contributed by atoms with Crippen LogP contribution in [0.25, 0.3) is 0 Å². The maximum atomic E-state index is 11.5. The molecule has 0 aromatic carbocycles. The van der Waals surface area contributed by atoms with Gasteiger partial charge in [0.05, 0.1) is 25.3 Å². The second-order valence-electron chi connectivity index (χ2n) is 8.70. The molecule has 29 heavy (non-hydrogen) atoms. The van der Waals surface area contributed by atoms with E-state index in [1.807, 2.05) is 6.08 Å². The van der Waals surface area contributed by atoms with E-state index in [1.54, 1.807) is 20.3 Å². The molecular formula is C23H35KO5. The summed E-state index contributed by atoms with van der Waals surface area (Å²) in [7, 11) is 5.06. The normalized spacial score (nSPS) is 35.3. The Morgan fingerprint density at radius 2 is 1.93 bits per heavy atom. The van der Waals surface area contributed by atoms with Crippen LogP contribution in [0.1, 0.15) is 39.5 Å². The third-order valence-electron chi connectivity index (χ3n) is 7.09. The van der Waals surface area contributed by atoms with Gasteiger partial charge in [-0.25, -0.2) is 0 Å². The van der Waals surface area contributed by atoms with Gasteiger partial charge in [0, 0.05) is 32.7 Å². The summed E-state index contributed by atoms with van der Waals surface area (Å²) in [6.45, 7) is 9.80. The van der Waals surface area contributed by atoms with E-state index in [1.165, 1.54) is 13.2 Å². The fourth-order valence-corrected chi connectivity index (χ4v) is 5.75. The molecule has 2 rings (SSSR count). The number of hydrogen-bond donors (Lipinski definition) is 0. The molecule has 2 saturated carbocycles. The van der Waals surface area contributed by atoms with Crippen molar-refractivity contribution in [1.29, 1.82) is 0 Å². The van der Waals surface area contributed by atoms with Crippen LogP contribution in [0.5, 0.6) is 0 Å². The Kier molecular flexibility index (Phi) is 11.0. The number of hydrogen-bond acceptors (Lipinski definition) is 5. The zero-order valence-corrected chi connectivity index (χ0v) is 22.1. The minimum atomic E-state index is -1.19. The monoisotopic (exact) mass is 430 g/mol. The van der Waals surface area contributed by atoms with Gasteiger partial charge in [0.25, 0.3) is 0 Å². The third kappa shape index (κ3) is 5.72. The summed E-state index contributed by atoms with van der Waals surface area (Å²) in [5, 5.41) is 11.5. The van der Waals surface area contributed by atoms with Gasteiger partial charge in [-0.05, 0) is 48.7 Å². The smallest absolute Gasteiger partial charge is 0.545 e. The molecule has 0 heterocycles. The van der Waals surface area contributed by atoms with Crippen LogP contribution in [0, 0.1) is 22.7 Å². The Hall–Kier alpha value is 0.206.